The highest BCUT2D eigenvalue weighted by Crippen LogP contribution is 2.43. The maximum absolute atomic E-state index is 12.8. The van der Waals surface area contributed by atoms with Crippen LogP contribution in [0.3, 0.4) is 0 Å². The van der Waals surface area contributed by atoms with Crippen molar-refractivity contribution in [1.29, 1.82) is 0 Å². The zero-order valence-electron chi connectivity index (χ0n) is 38.4. The summed E-state index contributed by atoms with van der Waals surface area (Å²) in [5, 5.41) is 31.0. The van der Waals surface area contributed by atoms with Gasteiger partial charge >= 0.3 is 19.8 Å². The number of phosphoric ester groups is 1. The molecule has 7 atom stereocenters. The SMILES string of the molecule is CCCCC[C@H](O)/C=C/[C@H]1OC(O)C[C@H](O)[C@@H]1C/C=C\CCCC(=O)OC[C@H](COP(=O)(O)OCC[N+](C)(C)C)OC(=O)CCCCCCCCc1oc(CCC)c(C)c1C. The topological polar surface area (TPSA) is 191 Å². The molecule has 0 radical (unpaired) electrons. The number of likely N-dealkylation sites (N-methyl/N-ethyl adjacent to an activating group) is 1. The zero-order chi connectivity index (χ0) is 45.3. The van der Waals surface area contributed by atoms with E-state index in [0.717, 1.165) is 82.1 Å². The minimum atomic E-state index is -4.46. The van der Waals surface area contributed by atoms with Gasteiger partial charge in [-0.15, -0.1) is 0 Å². The van der Waals surface area contributed by atoms with Gasteiger partial charge in [0.2, 0.25) is 0 Å². The van der Waals surface area contributed by atoms with E-state index in [2.05, 4.69) is 27.7 Å². The monoisotopic (exact) mass is 887 g/mol. The van der Waals surface area contributed by atoms with Crippen molar-refractivity contribution < 1.29 is 66.5 Å². The van der Waals surface area contributed by atoms with Crippen LogP contribution in [0.5, 0.6) is 0 Å². The number of phosphoric acid groups is 1. The van der Waals surface area contributed by atoms with E-state index in [4.69, 9.17) is 27.7 Å². The second kappa shape index (κ2) is 29.9. The second-order valence-electron chi connectivity index (χ2n) is 17.5. The number of aliphatic hydroxyl groups excluding tert-OH is 3. The molecule has 352 valence electrons. The Morgan fingerprint density at radius 3 is 2.21 bits per heavy atom. The Balaban J connectivity index is 1.80. The maximum atomic E-state index is 12.8. The van der Waals surface area contributed by atoms with Crippen LogP contribution < -0.4 is 0 Å². The number of hydrogen-bond acceptors (Lipinski definition) is 12. The number of esters is 2. The minimum absolute atomic E-state index is 0.0215. The number of unbranched alkanes of at least 4 members (excludes halogenated alkanes) is 8. The molecule has 1 aliphatic heterocycles. The van der Waals surface area contributed by atoms with Crippen LogP contribution in [0.25, 0.3) is 0 Å². The van der Waals surface area contributed by atoms with E-state index in [-0.39, 0.29) is 38.4 Å². The van der Waals surface area contributed by atoms with Crippen molar-refractivity contribution in [3.05, 3.63) is 47.0 Å². The standard InChI is InChI=1S/C46H80NO13P/c1-8-10-17-23-37(48)28-29-43-39(40(49)32-46(52)60-43)24-18-15-16-20-26-44(50)55-33-38(34-57-61(53,54)56-31-30-47(5,6)7)58-45(51)27-21-14-12-11-13-19-25-42-36(4)35(3)41(59-42)22-9-2/h15,18,28-29,37-40,43,46,48-49,52H,8-14,16-17,19-27,30-34H2,1-7H3/p+1/b18-15-,29-28+/t37-,38+,39-,40-,43+,46?/m0/s1. The molecular weight excluding hydrogens is 805 g/mol. The Hall–Kier alpha value is -2.39. The summed E-state index contributed by atoms with van der Waals surface area (Å²) in [5.74, 6) is 0.856. The number of allylic oxidation sites excluding steroid dienone is 2. The van der Waals surface area contributed by atoms with Crippen molar-refractivity contribution >= 4 is 19.8 Å². The summed E-state index contributed by atoms with van der Waals surface area (Å²) in [6.45, 7) is 8.13. The van der Waals surface area contributed by atoms with Crippen LogP contribution in [0.15, 0.2) is 28.7 Å². The van der Waals surface area contributed by atoms with Gasteiger partial charge in [-0.25, -0.2) is 4.57 Å². The zero-order valence-corrected chi connectivity index (χ0v) is 39.3. The number of rotatable bonds is 33. The Labute approximate surface area is 366 Å². The Morgan fingerprint density at radius 2 is 1.52 bits per heavy atom. The molecule has 1 aromatic heterocycles. The van der Waals surface area contributed by atoms with Gasteiger partial charge in [0.05, 0.1) is 46.1 Å². The molecule has 1 aromatic rings. The number of quaternary nitrogens is 1. The smallest absolute Gasteiger partial charge is 0.466 e. The first kappa shape index (κ1) is 54.7. The number of furan rings is 1. The van der Waals surface area contributed by atoms with Gasteiger partial charge < -0.3 is 43.3 Å². The highest BCUT2D eigenvalue weighted by Gasteiger charge is 2.35. The lowest BCUT2D eigenvalue weighted by Crippen LogP contribution is -2.43. The minimum Gasteiger partial charge on any atom is -0.466 e. The Bertz CT molecular complexity index is 1490. The van der Waals surface area contributed by atoms with E-state index in [1.807, 2.05) is 33.3 Å². The summed E-state index contributed by atoms with van der Waals surface area (Å²) >= 11 is 0. The molecular formula is C46H81NO13P+. The number of nitrogens with zero attached hydrogens (tertiary/aromatic N) is 1. The molecule has 2 heterocycles. The maximum Gasteiger partial charge on any atom is 0.472 e. The van der Waals surface area contributed by atoms with Gasteiger partial charge in [0.15, 0.2) is 12.4 Å². The van der Waals surface area contributed by atoms with Gasteiger partial charge in [-0.2, -0.15) is 0 Å². The number of carbonyl (C=O) groups is 2. The molecule has 0 aliphatic carbocycles. The highest BCUT2D eigenvalue weighted by atomic mass is 31.2. The molecule has 1 saturated heterocycles. The van der Waals surface area contributed by atoms with Gasteiger partial charge in [-0.05, 0) is 69.9 Å². The predicted molar refractivity (Wildman–Crippen MR) is 236 cm³/mol. The van der Waals surface area contributed by atoms with Crippen molar-refractivity contribution in [3.63, 3.8) is 0 Å². The summed E-state index contributed by atoms with van der Waals surface area (Å²) < 4.78 is 46.1. The molecule has 0 amide bonds. The van der Waals surface area contributed by atoms with Gasteiger partial charge in [-0.3, -0.25) is 18.6 Å². The van der Waals surface area contributed by atoms with E-state index >= 15 is 0 Å². The quantitative estimate of drug-likeness (QED) is 0.0174. The molecule has 0 aromatic carbocycles. The Morgan fingerprint density at radius 1 is 0.852 bits per heavy atom. The lowest BCUT2D eigenvalue weighted by atomic mass is 9.87. The van der Waals surface area contributed by atoms with Gasteiger partial charge in [0.1, 0.15) is 31.3 Å². The van der Waals surface area contributed by atoms with E-state index in [9.17, 15) is 34.4 Å². The van der Waals surface area contributed by atoms with E-state index < -0.39 is 57.1 Å². The summed E-state index contributed by atoms with van der Waals surface area (Å²) in [7, 11) is 1.30. The van der Waals surface area contributed by atoms with Crippen LogP contribution in [0.1, 0.15) is 146 Å². The van der Waals surface area contributed by atoms with Crippen molar-refractivity contribution in [2.24, 2.45) is 5.92 Å². The molecule has 14 nitrogen and oxygen atoms in total. The average Bonchev–Trinajstić information content (AvgIpc) is 3.45. The van der Waals surface area contributed by atoms with Crippen molar-refractivity contribution in [2.45, 2.75) is 180 Å². The van der Waals surface area contributed by atoms with E-state index in [1.54, 1.807) is 12.2 Å². The summed E-state index contributed by atoms with van der Waals surface area (Å²) in [5.41, 5.74) is 2.53. The number of aryl methyl sites for hydroxylation is 2. The lowest BCUT2D eigenvalue weighted by Gasteiger charge is -2.36. The number of aliphatic hydroxyl groups is 3. The van der Waals surface area contributed by atoms with Crippen molar-refractivity contribution in [3.8, 4) is 0 Å². The molecule has 0 spiro atoms. The summed E-state index contributed by atoms with van der Waals surface area (Å²) in [6.07, 6.45) is 17.1. The fraction of sp³-hybridized carbons (Fsp3) is 0.783. The van der Waals surface area contributed by atoms with Crippen LogP contribution in [0, 0.1) is 19.8 Å². The first-order chi connectivity index (χ1) is 28.9. The third-order valence-electron chi connectivity index (χ3n) is 11.0. The highest BCUT2D eigenvalue weighted by molar-refractivity contribution is 7.47. The van der Waals surface area contributed by atoms with Crippen LogP contribution in [-0.2, 0) is 50.3 Å². The first-order valence-electron chi connectivity index (χ1n) is 22.8. The molecule has 0 bridgehead atoms. The molecule has 4 N–H and O–H groups in total. The average molecular weight is 887 g/mol. The Kier molecular flexibility index (Phi) is 26.8. The number of hydrogen-bond donors (Lipinski definition) is 4. The second-order valence-corrected chi connectivity index (χ2v) is 19.0. The normalized spacial score (nSPS) is 20.6. The van der Waals surface area contributed by atoms with Gasteiger partial charge in [0.25, 0.3) is 0 Å². The molecule has 2 rings (SSSR count). The molecule has 1 fully saturated rings. The fourth-order valence-electron chi connectivity index (χ4n) is 7.04. The lowest BCUT2D eigenvalue weighted by molar-refractivity contribution is -0.870. The first-order valence-corrected chi connectivity index (χ1v) is 24.3. The van der Waals surface area contributed by atoms with Crippen LogP contribution in [0.2, 0.25) is 0 Å². The fourth-order valence-corrected chi connectivity index (χ4v) is 7.78. The van der Waals surface area contributed by atoms with Crippen LogP contribution >= 0.6 is 7.82 Å². The molecule has 0 saturated carbocycles. The third kappa shape index (κ3) is 24.3. The molecule has 1 aliphatic rings. The molecule has 2 unspecified atom stereocenters. The molecule has 61 heavy (non-hydrogen) atoms. The van der Waals surface area contributed by atoms with Crippen LogP contribution in [-0.4, -0.2) is 115 Å². The summed E-state index contributed by atoms with van der Waals surface area (Å²) in [4.78, 5) is 35.7. The van der Waals surface area contributed by atoms with Crippen molar-refractivity contribution in [1.82, 2.24) is 0 Å². The van der Waals surface area contributed by atoms with E-state index in [0.29, 0.717) is 43.1 Å². The number of ether oxygens (including phenoxy) is 3. The number of carbonyl (C=O) groups excluding carboxylic acids is 2. The van der Waals surface area contributed by atoms with Crippen molar-refractivity contribution in [2.75, 3.05) is 47.5 Å². The van der Waals surface area contributed by atoms with Crippen LogP contribution in [0.4, 0.5) is 0 Å². The van der Waals surface area contributed by atoms with E-state index in [1.165, 1.54) is 11.1 Å². The predicted octanol–water partition coefficient (Wildman–Crippen LogP) is 8.12. The van der Waals surface area contributed by atoms with Gasteiger partial charge in [-0.1, -0.05) is 83.1 Å². The van der Waals surface area contributed by atoms with Gasteiger partial charge in [0, 0.05) is 38.0 Å². The molecule has 15 heteroatoms. The largest absolute Gasteiger partial charge is 0.472 e. The summed E-state index contributed by atoms with van der Waals surface area (Å²) in [6, 6.07) is 0. The third-order valence-corrected chi connectivity index (χ3v) is 11.9.